The van der Waals surface area contributed by atoms with Crippen molar-refractivity contribution in [1.29, 1.82) is 0 Å². The number of amidine groups is 1. The van der Waals surface area contributed by atoms with Crippen molar-refractivity contribution in [1.82, 2.24) is 0 Å². The van der Waals surface area contributed by atoms with Gasteiger partial charge in [0, 0.05) is 6.42 Å². The van der Waals surface area contributed by atoms with E-state index in [2.05, 4.69) is 10.2 Å². The van der Waals surface area contributed by atoms with Crippen molar-refractivity contribution in [3.63, 3.8) is 0 Å². The molecule has 1 heterocycles. The van der Waals surface area contributed by atoms with Crippen molar-refractivity contribution < 1.29 is 24.2 Å². The number of benzene rings is 2. The van der Waals surface area contributed by atoms with E-state index in [4.69, 9.17) is 10.5 Å². The van der Waals surface area contributed by atoms with Crippen LogP contribution in [-0.2, 0) is 9.59 Å². The summed E-state index contributed by atoms with van der Waals surface area (Å²) >= 11 is 0.953. The number of ether oxygens (including phenoxy) is 1. The molecule has 1 fully saturated rings. The van der Waals surface area contributed by atoms with E-state index in [0.29, 0.717) is 5.71 Å². The lowest BCUT2D eigenvalue weighted by molar-refractivity contribution is -0.255. The maximum Gasteiger partial charge on any atom is 0.247 e. The number of thioether (sulfide) groups is 1. The molecule has 1 atom stereocenters. The van der Waals surface area contributed by atoms with Crippen LogP contribution in [0.5, 0.6) is 5.75 Å². The van der Waals surface area contributed by atoms with E-state index in [-0.39, 0.29) is 22.8 Å². The van der Waals surface area contributed by atoms with E-state index in [9.17, 15) is 19.5 Å². The third-order valence-electron chi connectivity index (χ3n) is 4.54. The van der Waals surface area contributed by atoms with Gasteiger partial charge >= 0.3 is 0 Å². The Balaban J connectivity index is 1.68. The zero-order chi connectivity index (χ0) is 22.5. The molecule has 0 spiro atoms. The SMILES string of the molecule is COc1ccc(/C(C)=N\N=C(N)S[C@@H]2CC(=O)N(c3ccc(C(=O)[O-])cc3)C2=O)cc1. The molecule has 0 radical (unpaired) electrons. The summed E-state index contributed by atoms with van der Waals surface area (Å²) in [4.78, 5) is 36.9. The van der Waals surface area contributed by atoms with Gasteiger partial charge in [-0.1, -0.05) is 23.9 Å². The minimum atomic E-state index is -1.34. The number of amides is 2. The summed E-state index contributed by atoms with van der Waals surface area (Å²) in [7, 11) is 1.58. The minimum Gasteiger partial charge on any atom is -0.545 e. The fraction of sp³-hybridized carbons (Fsp3) is 0.190. The van der Waals surface area contributed by atoms with E-state index in [1.165, 1.54) is 24.3 Å². The molecule has 31 heavy (non-hydrogen) atoms. The number of hydrogen-bond acceptors (Lipinski definition) is 8. The Morgan fingerprint density at radius 1 is 1.10 bits per heavy atom. The van der Waals surface area contributed by atoms with Crippen LogP contribution >= 0.6 is 11.8 Å². The van der Waals surface area contributed by atoms with E-state index in [1.807, 2.05) is 12.1 Å². The first-order valence-corrected chi connectivity index (χ1v) is 10.0. The first-order valence-electron chi connectivity index (χ1n) is 9.17. The van der Waals surface area contributed by atoms with E-state index < -0.39 is 23.0 Å². The number of nitrogens with two attached hydrogens (primary N) is 1. The zero-order valence-corrected chi connectivity index (χ0v) is 17.6. The van der Waals surface area contributed by atoms with Crippen LogP contribution in [0.25, 0.3) is 0 Å². The molecule has 0 aromatic heterocycles. The highest BCUT2D eigenvalue weighted by Crippen LogP contribution is 2.30. The Hall–Kier alpha value is -3.66. The molecular weight excluding hydrogens is 420 g/mol. The second-order valence-electron chi connectivity index (χ2n) is 6.56. The highest BCUT2D eigenvalue weighted by atomic mass is 32.2. The number of carbonyl (C=O) groups excluding carboxylic acids is 3. The van der Waals surface area contributed by atoms with Crippen LogP contribution < -0.4 is 20.5 Å². The van der Waals surface area contributed by atoms with Gasteiger partial charge in [-0.2, -0.15) is 5.10 Å². The quantitative estimate of drug-likeness (QED) is 0.308. The summed E-state index contributed by atoms with van der Waals surface area (Å²) in [5.74, 6) is -1.48. The Bertz CT molecular complexity index is 1060. The number of aromatic carboxylic acids is 1. The second-order valence-corrected chi connectivity index (χ2v) is 7.79. The van der Waals surface area contributed by atoms with E-state index in [0.717, 1.165) is 28.0 Å². The van der Waals surface area contributed by atoms with Crippen LogP contribution in [0.1, 0.15) is 29.3 Å². The van der Waals surface area contributed by atoms with Crippen LogP contribution in [0.3, 0.4) is 0 Å². The summed E-state index contributed by atoms with van der Waals surface area (Å²) < 4.78 is 5.11. The lowest BCUT2D eigenvalue weighted by Gasteiger charge is -2.15. The molecule has 3 rings (SSSR count). The predicted octanol–water partition coefficient (Wildman–Crippen LogP) is 1.16. The average molecular weight is 439 g/mol. The van der Waals surface area contributed by atoms with Gasteiger partial charge in [0.1, 0.15) is 11.0 Å². The molecule has 1 aliphatic heterocycles. The smallest absolute Gasteiger partial charge is 0.247 e. The summed E-state index contributed by atoms with van der Waals surface area (Å²) in [5, 5.41) is 18.2. The number of carboxylic acids is 1. The maximum absolute atomic E-state index is 12.7. The van der Waals surface area contributed by atoms with Crippen LogP contribution in [0.4, 0.5) is 5.69 Å². The molecule has 0 bridgehead atoms. The van der Waals surface area contributed by atoms with Gasteiger partial charge in [0.2, 0.25) is 11.8 Å². The summed E-state index contributed by atoms with van der Waals surface area (Å²) in [5.41, 5.74) is 7.59. The molecule has 1 aliphatic rings. The van der Waals surface area contributed by atoms with E-state index >= 15 is 0 Å². The Kier molecular flexibility index (Phi) is 6.71. The number of nitrogens with zero attached hydrogens (tertiary/aromatic N) is 3. The van der Waals surface area contributed by atoms with Crippen molar-refractivity contribution in [3.05, 3.63) is 59.7 Å². The third-order valence-corrected chi connectivity index (χ3v) is 5.51. The van der Waals surface area contributed by atoms with Crippen molar-refractivity contribution in [2.75, 3.05) is 12.0 Å². The van der Waals surface area contributed by atoms with Crippen molar-refractivity contribution in [2.24, 2.45) is 15.9 Å². The van der Waals surface area contributed by atoms with Gasteiger partial charge in [-0.05, 0) is 54.4 Å². The molecule has 2 aromatic carbocycles. The van der Waals surface area contributed by atoms with Crippen molar-refractivity contribution >= 4 is 46.1 Å². The van der Waals surface area contributed by atoms with Crippen molar-refractivity contribution in [3.8, 4) is 5.75 Å². The lowest BCUT2D eigenvalue weighted by atomic mass is 10.1. The molecule has 2 N–H and O–H groups in total. The molecule has 9 nitrogen and oxygen atoms in total. The van der Waals surface area contributed by atoms with Crippen molar-refractivity contribution in [2.45, 2.75) is 18.6 Å². The van der Waals surface area contributed by atoms with Crippen LogP contribution in [0, 0.1) is 0 Å². The Labute approximate surface area is 182 Å². The number of imide groups is 1. The monoisotopic (exact) mass is 439 g/mol. The van der Waals surface area contributed by atoms with Gasteiger partial charge < -0.3 is 20.4 Å². The number of rotatable bonds is 6. The molecule has 2 amide bonds. The fourth-order valence-electron chi connectivity index (χ4n) is 2.90. The standard InChI is InChI=1S/C21H20N4O5S/c1-12(13-5-9-16(30-2)10-6-13)23-24-21(22)31-17-11-18(26)25(19(17)27)15-7-3-14(4-8-15)20(28)29/h3-10,17H,11H2,1-2H3,(H2,22,24)(H,28,29)/p-1/b23-12-/t17-/m1/s1. The molecular formula is C21H19N4O5S-. The number of anilines is 1. The fourth-order valence-corrected chi connectivity index (χ4v) is 3.71. The zero-order valence-electron chi connectivity index (χ0n) is 16.8. The molecule has 0 aliphatic carbocycles. The molecule has 0 saturated carbocycles. The second kappa shape index (κ2) is 9.43. The average Bonchev–Trinajstić information content (AvgIpc) is 3.04. The summed E-state index contributed by atoms with van der Waals surface area (Å²) in [6, 6.07) is 12.6. The van der Waals surface area contributed by atoms with Gasteiger partial charge in [0.15, 0.2) is 5.17 Å². The van der Waals surface area contributed by atoms with E-state index in [1.54, 1.807) is 26.2 Å². The van der Waals surface area contributed by atoms with Gasteiger partial charge in [0.05, 0.1) is 24.5 Å². The first-order chi connectivity index (χ1) is 14.8. The largest absolute Gasteiger partial charge is 0.545 e. The number of hydrogen-bond donors (Lipinski definition) is 1. The van der Waals surface area contributed by atoms with Gasteiger partial charge in [-0.3, -0.25) is 9.59 Å². The first kappa shape index (κ1) is 22.0. The van der Waals surface area contributed by atoms with Crippen LogP contribution in [0.2, 0.25) is 0 Å². The normalized spacial score (nSPS) is 17.2. The van der Waals surface area contributed by atoms with Crippen LogP contribution in [-0.4, -0.2) is 41.0 Å². The number of methoxy groups -OCH3 is 1. The Morgan fingerprint density at radius 3 is 2.29 bits per heavy atom. The van der Waals surface area contributed by atoms with Gasteiger partial charge in [-0.15, -0.1) is 5.10 Å². The molecule has 10 heteroatoms. The van der Waals surface area contributed by atoms with Gasteiger partial charge in [0.25, 0.3) is 0 Å². The minimum absolute atomic E-state index is 0.0461. The highest BCUT2D eigenvalue weighted by molar-refractivity contribution is 8.14. The lowest BCUT2D eigenvalue weighted by Crippen LogP contribution is -2.32. The van der Waals surface area contributed by atoms with Gasteiger partial charge in [-0.25, -0.2) is 4.90 Å². The Morgan fingerprint density at radius 2 is 1.71 bits per heavy atom. The molecule has 2 aromatic rings. The summed E-state index contributed by atoms with van der Waals surface area (Å²) in [6.07, 6.45) is -0.0524. The summed E-state index contributed by atoms with van der Waals surface area (Å²) in [6.45, 7) is 1.77. The molecule has 1 saturated heterocycles. The maximum atomic E-state index is 12.7. The topological polar surface area (TPSA) is 137 Å². The molecule has 160 valence electrons. The third kappa shape index (κ3) is 5.10. The van der Waals surface area contributed by atoms with Crippen LogP contribution in [0.15, 0.2) is 58.7 Å². The predicted molar refractivity (Wildman–Crippen MR) is 116 cm³/mol. The number of carboxylic acid groups (broad SMARTS) is 1. The molecule has 0 unspecified atom stereocenters. The highest BCUT2D eigenvalue weighted by Gasteiger charge is 2.40. The number of carbonyl (C=O) groups is 3.